The predicted octanol–water partition coefficient (Wildman–Crippen LogP) is 6.93. The van der Waals surface area contributed by atoms with Gasteiger partial charge in [-0.05, 0) is 76.2 Å². The van der Waals surface area contributed by atoms with Crippen molar-refractivity contribution in [2.45, 2.75) is 13.2 Å². The summed E-state index contributed by atoms with van der Waals surface area (Å²) in [6.07, 6.45) is 1.60. The summed E-state index contributed by atoms with van der Waals surface area (Å²) in [4.78, 5) is 26.5. The number of nitrogens with one attached hydrogen (secondary N) is 1. The second kappa shape index (κ2) is 11.1. The number of benzene rings is 3. The van der Waals surface area contributed by atoms with Gasteiger partial charge >= 0.3 is 6.03 Å². The maximum absolute atomic E-state index is 12.9. The fraction of sp³-hybridized carbons (Fsp3) is 0.120. The first-order chi connectivity index (χ1) is 16.7. The molecule has 1 aliphatic rings. The van der Waals surface area contributed by atoms with Crippen LogP contribution in [0, 0.1) is 3.57 Å². The summed E-state index contributed by atoms with van der Waals surface area (Å²) in [7, 11) is 1.53. The third kappa shape index (κ3) is 6.03. The third-order valence-electron chi connectivity index (χ3n) is 5.17. The summed E-state index contributed by atoms with van der Waals surface area (Å²) in [6, 6.07) is 15.2. The molecule has 0 atom stereocenters. The van der Waals surface area contributed by atoms with Crippen molar-refractivity contribution in [1.82, 2.24) is 10.2 Å². The highest BCUT2D eigenvalue weighted by molar-refractivity contribution is 14.1. The van der Waals surface area contributed by atoms with Crippen molar-refractivity contribution in [2.75, 3.05) is 7.11 Å². The van der Waals surface area contributed by atoms with Crippen LogP contribution >= 0.6 is 57.4 Å². The Morgan fingerprint density at radius 2 is 1.71 bits per heavy atom. The molecule has 3 aromatic carbocycles. The molecule has 0 unspecified atom stereocenters. The van der Waals surface area contributed by atoms with E-state index in [1.807, 2.05) is 6.07 Å². The molecule has 0 radical (unpaired) electrons. The summed E-state index contributed by atoms with van der Waals surface area (Å²) in [5.74, 6) is 0.590. The Bertz CT molecular complexity index is 1330. The van der Waals surface area contributed by atoms with E-state index in [0.717, 1.165) is 19.6 Å². The minimum absolute atomic E-state index is 0.139. The lowest BCUT2D eigenvalue weighted by atomic mass is 10.1. The number of nitrogens with zero attached hydrogens (tertiary/aromatic N) is 1. The first-order valence-electron chi connectivity index (χ1n) is 10.3. The highest BCUT2D eigenvalue weighted by Crippen LogP contribution is 2.36. The quantitative estimate of drug-likeness (QED) is 0.172. The van der Waals surface area contributed by atoms with Crippen LogP contribution in [0.2, 0.25) is 15.1 Å². The van der Waals surface area contributed by atoms with Crippen LogP contribution in [0.1, 0.15) is 16.7 Å². The SMILES string of the molecule is COc1cc(/C=C2\NC(=O)N(Cc3ccc(Cl)cc3)C2=O)cc(I)c1OCc1ccc(Cl)cc1Cl. The molecule has 0 aliphatic carbocycles. The van der Waals surface area contributed by atoms with Crippen molar-refractivity contribution in [3.8, 4) is 11.5 Å². The van der Waals surface area contributed by atoms with Crippen LogP contribution in [0.3, 0.4) is 0 Å². The maximum atomic E-state index is 12.9. The minimum atomic E-state index is -0.488. The van der Waals surface area contributed by atoms with E-state index in [9.17, 15) is 9.59 Å². The Morgan fingerprint density at radius 3 is 2.40 bits per heavy atom. The summed E-state index contributed by atoms with van der Waals surface area (Å²) >= 11 is 20.2. The van der Waals surface area contributed by atoms with Gasteiger partial charge in [0.25, 0.3) is 5.91 Å². The van der Waals surface area contributed by atoms with E-state index >= 15 is 0 Å². The van der Waals surface area contributed by atoms with Gasteiger partial charge < -0.3 is 14.8 Å². The van der Waals surface area contributed by atoms with E-state index in [1.165, 1.54) is 7.11 Å². The summed E-state index contributed by atoms with van der Waals surface area (Å²) < 4.78 is 12.3. The van der Waals surface area contributed by atoms with E-state index in [0.29, 0.717) is 32.1 Å². The van der Waals surface area contributed by atoms with Crippen molar-refractivity contribution >= 4 is 75.4 Å². The van der Waals surface area contributed by atoms with Gasteiger partial charge in [0.2, 0.25) is 0 Å². The van der Waals surface area contributed by atoms with Crippen LogP contribution in [-0.2, 0) is 17.9 Å². The average molecular weight is 644 g/mol. The molecule has 3 aromatic rings. The molecule has 0 aromatic heterocycles. The lowest BCUT2D eigenvalue weighted by Crippen LogP contribution is -2.30. The molecule has 0 spiro atoms. The number of amides is 3. The number of imide groups is 1. The van der Waals surface area contributed by atoms with E-state index < -0.39 is 11.9 Å². The average Bonchev–Trinajstić information content (AvgIpc) is 3.07. The minimum Gasteiger partial charge on any atom is -0.493 e. The number of carbonyl (C=O) groups excluding carboxylic acids is 2. The number of urea groups is 1. The molecule has 4 rings (SSSR count). The number of hydrogen-bond acceptors (Lipinski definition) is 4. The maximum Gasteiger partial charge on any atom is 0.329 e. The number of halogens is 4. The third-order valence-corrected chi connectivity index (χ3v) is 6.81. The lowest BCUT2D eigenvalue weighted by Gasteiger charge is -2.14. The van der Waals surface area contributed by atoms with E-state index in [1.54, 1.807) is 54.6 Å². The predicted molar refractivity (Wildman–Crippen MR) is 145 cm³/mol. The number of ether oxygens (including phenoxy) is 2. The van der Waals surface area contributed by atoms with Crippen LogP contribution in [0.4, 0.5) is 4.79 Å². The van der Waals surface area contributed by atoms with Crippen LogP contribution in [-0.4, -0.2) is 23.9 Å². The summed E-state index contributed by atoms with van der Waals surface area (Å²) in [5.41, 5.74) is 2.40. The normalized spacial score (nSPS) is 14.4. The molecule has 180 valence electrons. The Kier molecular flexibility index (Phi) is 8.11. The van der Waals surface area contributed by atoms with Gasteiger partial charge in [0, 0.05) is 20.6 Å². The number of rotatable bonds is 7. The van der Waals surface area contributed by atoms with Crippen molar-refractivity contribution in [3.63, 3.8) is 0 Å². The summed E-state index contributed by atoms with van der Waals surface area (Å²) in [6.45, 7) is 0.358. The molecule has 3 amide bonds. The Labute approximate surface area is 230 Å². The molecule has 1 aliphatic heterocycles. The first kappa shape index (κ1) is 25.6. The highest BCUT2D eigenvalue weighted by Gasteiger charge is 2.33. The number of methoxy groups -OCH3 is 1. The van der Waals surface area contributed by atoms with Gasteiger partial charge in [0.05, 0.1) is 17.2 Å². The second-order valence-corrected chi connectivity index (χ2v) is 10.0. The number of hydrogen-bond donors (Lipinski definition) is 1. The molecule has 1 heterocycles. The summed E-state index contributed by atoms with van der Waals surface area (Å²) in [5, 5.41) is 4.27. The molecule has 35 heavy (non-hydrogen) atoms. The van der Waals surface area contributed by atoms with Crippen LogP contribution in [0.15, 0.2) is 60.3 Å². The number of carbonyl (C=O) groups is 2. The second-order valence-electron chi connectivity index (χ2n) is 7.56. The standard InChI is InChI=1S/C25H18Cl3IN2O4/c1-34-22-10-15(8-20(29)23(22)35-13-16-4-7-18(27)11-19(16)28)9-21-24(32)31(25(33)30-21)12-14-2-5-17(26)6-3-14/h2-11H,12-13H2,1H3,(H,30,33)/b21-9-. The topological polar surface area (TPSA) is 67.9 Å². The Balaban J connectivity index is 1.53. The smallest absolute Gasteiger partial charge is 0.329 e. The molecule has 0 bridgehead atoms. The zero-order chi connectivity index (χ0) is 25.1. The van der Waals surface area contributed by atoms with Crippen molar-refractivity contribution < 1.29 is 19.1 Å². The van der Waals surface area contributed by atoms with Gasteiger partial charge in [-0.1, -0.05) is 53.0 Å². The van der Waals surface area contributed by atoms with Crippen molar-refractivity contribution in [1.29, 1.82) is 0 Å². The zero-order valence-electron chi connectivity index (χ0n) is 18.3. The lowest BCUT2D eigenvalue weighted by molar-refractivity contribution is -0.123. The van der Waals surface area contributed by atoms with E-state index in [4.69, 9.17) is 44.3 Å². The first-order valence-corrected chi connectivity index (χ1v) is 12.5. The monoisotopic (exact) mass is 642 g/mol. The van der Waals surface area contributed by atoms with Gasteiger partial charge in [-0.3, -0.25) is 9.69 Å². The molecule has 0 saturated carbocycles. The van der Waals surface area contributed by atoms with Gasteiger partial charge in [0.1, 0.15) is 12.3 Å². The molecule has 1 saturated heterocycles. The zero-order valence-corrected chi connectivity index (χ0v) is 22.7. The molecule has 6 nitrogen and oxygen atoms in total. The molecule has 1 fully saturated rings. The Morgan fingerprint density at radius 1 is 1.00 bits per heavy atom. The van der Waals surface area contributed by atoms with Crippen LogP contribution in [0.25, 0.3) is 6.08 Å². The van der Waals surface area contributed by atoms with Crippen LogP contribution in [0.5, 0.6) is 11.5 Å². The highest BCUT2D eigenvalue weighted by atomic mass is 127. The Hall–Kier alpha value is -2.46. The van der Waals surface area contributed by atoms with Crippen molar-refractivity contribution in [3.05, 3.63) is 95.6 Å². The molecule has 10 heteroatoms. The van der Waals surface area contributed by atoms with E-state index in [2.05, 4.69) is 27.9 Å². The largest absolute Gasteiger partial charge is 0.493 e. The van der Waals surface area contributed by atoms with Gasteiger partial charge in [0.15, 0.2) is 11.5 Å². The fourth-order valence-corrected chi connectivity index (χ4v) is 4.78. The van der Waals surface area contributed by atoms with Gasteiger partial charge in [-0.15, -0.1) is 0 Å². The van der Waals surface area contributed by atoms with Gasteiger partial charge in [-0.2, -0.15) is 0 Å². The molecular formula is C25H18Cl3IN2O4. The molecule has 1 N–H and O–H groups in total. The molecular weight excluding hydrogens is 626 g/mol. The van der Waals surface area contributed by atoms with Crippen molar-refractivity contribution in [2.24, 2.45) is 0 Å². The van der Waals surface area contributed by atoms with Gasteiger partial charge in [-0.25, -0.2) is 4.79 Å². The van der Waals surface area contributed by atoms with Crippen LogP contribution < -0.4 is 14.8 Å². The fourth-order valence-electron chi connectivity index (χ4n) is 3.41. The van der Waals surface area contributed by atoms with E-state index in [-0.39, 0.29) is 18.8 Å².